The molecule has 6 nitrogen and oxygen atoms in total. The molecular formula is C22H24FN5O. The Hall–Kier alpha value is -3.03. The van der Waals surface area contributed by atoms with Crippen molar-refractivity contribution in [3.63, 3.8) is 0 Å². The molecular weight excluding hydrogens is 369 g/mol. The molecule has 0 aliphatic carbocycles. The fraction of sp³-hybridized carbons (Fsp3) is 0.273. The summed E-state index contributed by atoms with van der Waals surface area (Å²) < 4.78 is 15.6. The molecule has 1 fully saturated rings. The fourth-order valence-corrected chi connectivity index (χ4v) is 3.88. The number of carbonyl (C=O) groups excluding carboxylic acids is 1. The molecule has 3 N–H and O–H groups in total. The lowest BCUT2D eigenvalue weighted by molar-refractivity contribution is -0.117. The van der Waals surface area contributed by atoms with Crippen molar-refractivity contribution in [1.82, 2.24) is 14.7 Å². The molecule has 0 radical (unpaired) electrons. The second-order valence-electron chi connectivity index (χ2n) is 7.46. The lowest BCUT2D eigenvalue weighted by Crippen LogP contribution is -2.34. The van der Waals surface area contributed by atoms with Crippen LogP contribution < -0.4 is 11.1 Å². The van der Waals surface area contributed by atoms with Crippen LogP contribution in [0.2, 0.25) is 0 Å². The standard InChI is InChI=1S/C22H24FN5O/c1-15-11-21(28(26-15)20-10-6-5-9-18(20)23)25-22(29)14-27-12-17(19(24)13-27)16-7-3-2-4-8-16/h2-11,17,19H,12-14,24H2,1H3,(H,25,29)/t17-,19+/m0/s1. The number of hydrogen-bond acceptors (Lipinski definition) is 4. The quantitative estimate of drug-likeness (QED) is 0.699. The zero-order valence-corrected chi connectivity index (χ0v) is 16.3. The van der Waals surface area contributed by atoms with Crippen LogP contribution in [0.15, 0.2) is 60.7 Å². The molecule has 1 aliphatic rings. The Bertz CT molecular complexity index is 1000. The number of nitrogens with zero attached hydrogens (tertiary/aromatic N) is 3. The molecule has 7 heteroatoms. The molecule has 1 aliphatic heterocycles. The highest BCUT2D eigenvalue weighted by Crippen LogP contribution is 2.26. The first-order valence-corrected chi connectivity index (χ1v) is 9.65. The molecule has 1 amide bonds. The number of nitrogens with two attached hydrogens (primary N) is 1. The average molecular weight is 393 g/mol. The average Bonchev–Trinajstić information content (AvgIpc) is 3.24. The predicted molar refractivity (Wildman–Crippen MR) is 110 cm³/mol. The van der Waals surface area contributed by atoms with Gasteiger partial charge in [0.25, 0.3) is 0 Å². The summed E-state index contributed by atoms with van der Waals surface area (Å²) in [6, 6.07) is 18.2. The van der Waals surface area contributed by atoms with Crippen LogP contribution in [-0.2, 0) is 4.79 Å². The SMILES string of the molecule is Cc1cc(NC(=O)CN2C[C@@H](N)[C@H](c3ccccc3)C2)n(-c2ccccc2F)n1. The van der Waals surface area contributed by atoms with Crippen molar-refractivity contribution in [2.24, 2.45) is 5.73 Å². The molecule has 3 aromatic rings. The van der Waals surface area contributed by atoms with E-state index in [1.54, 1.807) is 31.2 Å². The summed E-state index contributed by atoms with van der Waals surface area (Å²) in [5.41, 5.74) is 8.50. The number of amides is 1. The molecule has 2 heterocycles. The highest BCUT2D eigenvalue weighted by atomic mass is 19.1. The number of anilines is 1. The van der Waals surface area contributed by atoms with Gasteiger partial charge < -0.3 is 11.1 Å². The van der Waals surface area contributed by atoms with Crippen molar-refractivity contribution in [2.75, 3.05) is 25.0 Å². The van der Waals surface area contributed by atoms with Gasteiger partial charge in [0.15, 0.2) is 0 Å². The number of aromatic nitrogens is 2. The number of carbonyl (C=O) groups is 1. The third-order valence-corrected chi connectivity index (χ3v) is 5.22. The smallest absolute Gasteiger partial charge is 0.239 e. The van der Waals surface area contributed by atoms with Gasteiger partial charge in [-0.1, -0.05) is 42.5 Å². The Kier molecular flexibility index (Phi) is 5.42. The van der Waals surface area contributed by atoms with Gasteiger partial charge in [0.2, 0.25) is 5.91 Å². The Morgan fingerprint density at radius 2 is 1.90 bits per heavy atom. The van der Waals surface area contributed by atoms with E-state index in [9.17, 15) is 9.18 Å². The van der Waals surface area contributed by atoms with Crippen molar-refractivity contribution in [3.05, 3.63) is 77.7 Å². The normalized spacial score (nSPS) is 19.4. The summed E-state index contributed by atoms with van der Waals surface area (Å²) in [4.78, 5) is 14.7. The maximum absolute atomic E-state index is 14.2. The zero-order valence-electron chi connectivity index (χ0n) is 16.3. The summed E-state index contributed by atoms with van der Waals surface area (Å²) in [7, 11) is 0. The predicted octanol–water partition coefficient (Wildman–Crippen LogP) is 2.69. The summed E-state index contributed by atoms with van der Waals surface area (Å²) >= 11 is 0. The minimum Gasteiger partial charge on any atom is -0.326 e. The molecule has 29 heavy (non-hydrogen) atoms. The summed E-state index contributed by atoms with van der Waals surface area (Å²) in [5.74, 6) is 0.0709. The highest BCUT2D eigenvalue weighted by Gasteiger charge is 2.32. The minimum absolute atomic E-state index is 0.0172. The minimum atomic E-state index is -0.401. The number of para-hydroxylation sites is 1. The van der Waals surface area contributed by atoms with Gasteiger partial charge in [-0.3, -0.25) is 9.69 Å². The van der Waals surface area contributed by atoms with E-state index in [1.165, 1.54) is 16.3 Å². The third-order valence-electron chi connectivity index (χ3n) is 5.22. The van der Waals surface area contributed by atoms with Gasteiger partial charge >= 0.3 is 0 Å². The van der Waals surface area contributed by atoms with E-state index < -0.39 is 5.82 Å². The van der Waals surface area contributed by atoms with E-state index in [-0.39, 0.29) is 24.4 Å². The summed E-state index contributed by atoms with van der Waals surface area (Å²) in [6.07, 6.45) is 0. The van der Waals surface area contributed by atoms with Crippen molar-refractivity contribution in [1.29, 1.82) is 0 Å². The van der Waals surface area contributed by atoms with Crippen LogP contribution in [0.1, 0.15) is 17.2 Å². The van der Waals surface area contributed by atoms with Gasteiger partial charge in [0.05, 0.1) is 12.2 Å². The molecule has 0 bridgehead atoms. The number of halogens is 1. The van der Waals surface area contributed by atoms with Crippen molar-refractivity contribution >= 4 is 11.7 Å². The van der Waals surface area contributed by atoms with E-state index in [4.69, 9.17) is 5.73 Å². The van der Waals surface area contributed by atoms with Gasteiger partial charge in [-0.05, 0) is 24.6 Å². The van der Waals surface area contributed by atoms with Crippen LogP contribution in [0.3, 0.4) is 0 Å². The summed E-state index contributed by atoms with van der Waals surface area (Å²) in [5, 5.41) is 7.18. The van der Waals surface area contributed by atoms with E-state index in [0.29, 0.717) is 23.7 Å². The van der Waals surface area contributed by atoms with E-state index in [2.05, 4.69) is 22.5 Å². The Morgan fingerprint density at radius 1 is 1.17 bits per heavy atom. The van der Waals surface area contributed by atoms with Crippen molar-refractivity contribution < 1.29 is 9.18 Å². The highest BCUT2D eigenvalue weighted by molar-refractivity contribution is 5.91. The maximum Gasteiger partial charge on any atom is 0.239 e. The third kappa shape index (κ3) is 4.21. The Balaban J connectivity index is 1.44. The number of nitrogens with one attached hydrogen (secondary N) is 1. The molecule has 4 rings (SSSR count). The fourth-order valence-electron chi connectivity index (χ4n) is 3.88. The number of hydrogen-bond donors (Lipinski definition) is 2. The second kappa shape index (κ2) is 8.14. The lowest BCUT2D eigenvalue weighted by Gasteiger charge is -2.16. The molecule has 0 saturated carbocycles. The van der Waals surface area contributed by atoms with Crippen LogP contribution >= 0.6 is 0 Å². The number of benzene rings is 2. The maximum atomic E-state index is 14.2. The van der Waals surface area contributed by atoms with E-state index >= 15 is 0 Å². The molecule has 1 aromatic heterocycles. The molecule has 0 spiro atoms. The first kappa shape index (κ1) is 19.3. The zero-order chi connectivity index (χ0) is 20.4. The number of aryl methyl sites for hydroxylation is 1. The van der Waals surface area contributed by atoms with Gasteiger partial charge in [-0.2, -0.15) is 5.10 Å². The topological polar surface area (TPSA) is 76.2 Å². The summed E-state index contributed by atoms with van der Waals surface area (Å²) in [6.45, 7) is 3.40. The van der Waals surface area contributed by atoms with Gasteiger partial charge in [-0.25, -0.2) is 9.07 Å². The Morgan fingerprint density at radius 3 is 2.66 bits per heavy atom. The first-order valence-electron chi connectivity index (χ1n) is 9.65. The van der Waals surface area contributed by atoms with Crippen LogP contribution in [0.5, 0.6) is 0 Å². The van der Waals surface area contributed by atoms with E-state index in [0.717, 1.165) is 6.54 Å². The van der Waals surface area contributed by atoms with Crippen LogP contribution in [0.4, 0.5) is 10.2 Å². The molecule has 2 atom stereocenters. The van der Waals surface area contributed by atoms with Crippen LogP contribution in [0.25, 0.3) is 5.69 Å². The monoisotopic (exact) mass is 393 g/mol. The van der Waals surface area contributed by atoms with Gasteiger partial charge in [-0.15, -0.1) is 0 Å². The van der Waals surface area contributed by atoms with E-state index in [1.807, 2.05) is 23.1 Å². The van der Waals surface area contributed by atoms with Gasteiger partial charge in [0, 0.05) is 31.1 Å². The van der Waals surface area contributed by atoms with Crippen LogP contribution in [-0.4, -0.2) is 46.3 Å². The van der Waals surface area contributed by atoms with Crippen molar-refractivity contribution in [2.45, 2.75) is 18.9 Å². The number of likely N-dealkylation sites (tertiary alicyclic amines) is 1. The molecule has 150 valence electrons. The second-order valence-corrected chi connectivity index (χ2v) is 7.46. The number of rotatable bonds is 5. The Labute approximate surface area is 169 Å². The first-order chi connectivity index (χ1) is 14.0. The molecule has 0 unspecified atom stereocenters. The lowest BCUT2D eigenvalue weighted by atomic mass is 9.95. The van der Waals surface area contributed by atoms with Crippen molar-refractivity contribution in [3.8, 4) is 5.69 Å². The molecule has 1 saturated heterocycles. The molecule has 2 aromatic carbocycles. The van der Waals surface area contributed by atoms with Gasteiger partial charge in [0.1, 0.15) is 17.3 Å². The van der Waals surface area contributed by atoms with Crippen LogP contribution in [0, 0.1) is 12.7 Å². The largest absolute Gasteiger partial charge is 0.326 e.